The topological polar surface area (TPSA) is 97.0 Å². The minimum absolute atomic E-state index is 0.0813. The van der Waals surface area contributed by atoms with Crippen LogP contribution in [0.4, 0.5) is 11.4 Å². The molecule has 2 aromatic rings. The van der Waals surface area contributed by atoms with Crippen LogP contribution in [0.2, 0.25) is 0 Å². The van der Waals surface area contributed by atoms with E-state index in [9.17, 15) is 14.4 Å². The summed E-state index contributed by atoms with van der Waals surface area (Å²) in [6, 6.07) is 13.9. The van der Waals surface area contributed by atoms with Crippen LogP contribution in [0.1, 0.15) is 20.3 Å². The van der Waals surface area contributed by atoms with Gasteiger partial charge in [-0.2, -0.15) is 0 Å². The summed E-state index contributed by atoms with van der Waals surface area (Å²) in [5.41, 5.74) is 1.35. The molecule has 1 heterocycles. The molecule has 0 saturated carbocycles. The Balaban J connectivity index is 1.49. The van der Waals surface area contributed by atoms with Gasteiger partial charge in [0.05, 0.1) is 13.0 Å². The van der Waals surface area contributed by atoms with Crippen molar-refractivity contribution in [2.45, 2.75) is 20.3 Å². The van der Waals surface area contributed by atoms with Crippen LogP contribution in [-0.4, -0.2) is 44.5 Å². The van der Waals surface area contributed by atoms with Gasteiger partial charge < -0.3 is 25.0 Å². The molecule has 0 spiro atoms. The van der Waals surface area contributed by atoms with Crippen LogP contribution < -0.4 is 25.0 Å². The molecule has 0 aliphatic carbocycles. The summed E-state index contributed by atoms with van der Waals surface area (Å²) in [6.07, 6.45) is 0.202. The first kappa shape index (κ1) is 23.1. The second-order valence-electron chi connectivity index (χ2n) is 8.10. The zero-order chi connectivity index (χ0) is 23.1. The summed E-state index contributed by atoms with van der Waals surface area (Å²) < 4.78 is 10.6. The van der Waals surface area contributed by atoms with Crippen LogP contribution in [0.25, 0.3) is 0 Å². The number of rotatable bonds is 9. The molecule has 3 rings (SSSR count). The maximum absolute atomic E-state index is 12.4. The van der Waals surface area contributed by atoms with Gasteiger partial charge in [0, 0.05) is 30.9 Å². The average molecular weight is 440 g/mol. The second-order valence-corrected chi connectivity index (χ2v) is 8.10. The van der Waals surface area contributed by atoms with E-state index >= 15 is 0 Å². The fourth-order valence-corrected chi connectivity index (χ4v) is 3.32. The number of hydrogen-bond donors (Lipinski definition) is 2. The molecule has 1 saturated heterocycles. The molecule has 2 aromatic carbocycles. The summed E-state index contributed by atoms with van der Waals surface area (Å²) in [6.45, 7) is 4.86. The maximum Gasteiger partial charge on any atom is 0.262 e. The standard InChI is InChI=1S/C24H29N3O5/c1-16(2)13-25-24(30)17-12-23(29)27(14-17)19-6-10-21(11-7-19)32-15-22(28)26-18-4-8-20(31-3)9-5-18/h4-11,16-17H,12-15H2,1-3H3,(H,25,30)(H,26,28)/t17-/m1/s1. The highest BCUT2D eigenvalue weighted by Gasteiger charge is 2.35. The minimum Gasteiger partial charge on any atom is -0.497 e. The summed E-state index contributed by atoms with van der Waals surface area (Å²) in [7, 11) is 1.58. The number of carbonyl (C=O) groups is 3. The summed E-state index contributed by atoms with van der Waals surface area (Å²) in [5.74, 6) is 0.774. The molecule has 1 fully saturated rings. The van der Waals surface area contributed by atoms with E-state index in [2.05, 4.69) is 10.6 Å². The van der Waals surface area contributed by atoms with Gasteiger partial charge in [-0.05, 0) is 54.4 Å². The molecule has 0 bridgehead atoms. The number of nitrogens with one attached hydrogen (secondary N) is 2. The lowest BCUT2D eigenvalue weighted by atomic mass is 10.1. The SMILES string of the molecule is COc1ccc(NC(=O)COc2ccc(N3C[C@H](C(=O)NCC(C)C)CC3=O)cc2)cc1. The number of methoxy groups -OCH3 is 1. The lowest BCUT2D eigenvalue weighted by Crippen LogP contribution is -2.35. The number of anilines is 2. The van der Waals surface area contributed by atoms with Crippen molar-refractivity contribution in [3.05, 3.63) is 48.5 Å². The van der Waals surface area contributed by atoms with Crippen molar-refractivity contribution in [3.8, 4) is 11.5 Å². The third-order valence-electron chi connectivity index (χ3n) is 5.07. The van der Waals surface area contributed by atoms with Gasteiger partial charge >= 0.3 is 0 Å². The number of ether oxygens (including phenoxy) is 2. The van der Waals surface area contributed by atoms with Crippen LogP contribution in [0, 0.1) is 11.8 Å². The molecule has 170 valence electrons. The normalized spacial score (nSPS) is 15.6. The lowest BCUT2D eigenvalue weighted by molar-refractivity contribution is -0.126. The monoisotopic (exact) mass is 439 g/mol. The zero-order valence-electron chi connectivity index (χ0n) is 18.6. The van der Waals surface area contributed by atoms with E-state index in [1.54, 1.807) is 60.5 Å². The van der Waals surface area contributed by atoms with E-state index in [1.807, 2.05) is 13.8 Å². The Labute approximate surface area is 187 Å². The molecule has 0 radical (unpaired) electrons. The largest absolute Gasteiger partial charge is 0.497 e. The Morgan fingerprint density at radius 3 is 2.34 bits per heavy atom. The van der Waals surface area contributed by atoms with Gasteiger partial charge in [-0.15, -0.1) is 0 Å². The lowest BCUT2D eigenvalue weighted by Gasteiger charge is -2.17. The molecule has 32 heavy (non-hydrogen) atoms. The fourth-order valence-electron chi connectivity index (χ4n) is 3.32. The Hall–Kier alpha value is -3.55. The van der Waals surface area contributed by atoms with Crippen LogP contribution in [0.5, 0.6) is 11.5 Å². The highest BCUT2D eigenvalue weighted by molar-refractivity contribution is 6.00. The van der Waals surface area contributed by atoms with Crippen molar-refractivity contribution < 1.29 is 23.9 Å². The van der Waals surface area contributed by atoms with Crippen LogP contribution in [0.3, 0.4) is 0 Å². The van der Waals surface area contributed by atoms with Gasteiger partial charge in [0.1, 0.15) is 11.5 Å². The fraction of sp³-hybridized carbons (Fsp3) is 0.375. The first-order valence-electron chi connectivity index (χ1n) is 10.6. The van der Waals surface area contributed by atoms with Crippen LogP contribution in [0.15, 0.2) is 48.5 Å². The van der Waals surface area contributed by atoms with Crippen molar-refractivity contribution in [3.63, 3.8) is 0 Å². The molecular weight excluding hydrogens is 410 g/mol. The molecule has 2 N–H and O–H groups in total. The van der Waals surface area contributed by atoms with Crippen molar-refractivity contribution in [1.82, 2.24) is 5.32 Å². The number of nitrogens with zero attached hydrogens (tertiary/aromatic N) is 1. The van der Waals surface area contributed by atoms with Crippen molar-refractivity contribution in [2.24, 2.45) is 11.8 Å². The van der Waals surface area contributed by atoms with Gasteiger partial charge in [0.2, 0.25) is 11.8 Å². The second kappa shape index (κ2) is 10.7. The molecular formula is C24H29N3O5. The predicted octanol–water partition coefficient (Wildman–Crippen LogP) is 2.84. The number of benzene rings is 2. The first-order valence-corrected chi connectivity index (χ1v) is 10.6. The van der Waals surface area contributed by atoms with Gasteiger partial charge in [0.25, 0.3) is 5.91 Å². The minimum atomic E-state index is -0.348. The van der Waals surface area contributed by atoms with Crippen molar-refractivity contribution in [2.75, 3.05) is 37.0 Å². The van der Waals surface area contributed by atoms with Gasteiger partial charge in [-0.3, -0.25) is 14.4 Å². The van der Waals surface area contributed by atoms with E-state index in [0.717, 1.165) is 0 Å². The molecule has 1 aliphatic rings. The van der Waals surface area contributed by atoms with Crippen LogP contribution >= 0.6 is 0 Å². The van der Waals surface area contributed by atoms with E-state index in [4.69, 9.17) is 9.47 Å². The summed E-state index contributed by atoms with van der Waals surface area (Å²) >= 11 is 0. The molecule has 0 unspecified atom stereocenters. The van der Waals surface area contributed by atoms with Crippen LogP contribution in [-0.2, 0) is 14.4 Å². The van der Waals surface area contributed by atoms with Crippen molar-refractivity contribution in [1.29, 1.82) is 0 Å². The Morgan fingerprint density at radius 2 is 1.72 bits per heavy atom. The quantitative estimate of drug-likeness (QED) is 0.626. The summed E-state index contributed by atoms with van der Waals surface area (Å²) in [5, 5.41) is 5.64. The Kier molecular flexibility index (Phi) is 7.70. The van der Waals surface area contributed by atoms with E-state index < -0.39 is 0 Å². The molecule has 8 heteroatoms. The molecule has 1 atom stereocenters. The zero-order valence-corrected chi connectivity index (χ0v) is 18.6. The highest BCUT2D eigenvalue weighted by Crippen LogP contribution is 2.27. The maximum atomic E-state index is 12.4. The van der Waals surface area contributed by atoms with Gasteiger partial charge in [0.15, 0.2) is 6.61 Å². The molecule has 3 amide bonds. The average Bonchev–Trinajstić information content (AvgIpc) is 3.18. The highest BCUT2D eigenvalue weighted by atomic mass is 16.5. The van der Waals surface area contributed by atoms with Crippen molar-refractivity contribution >= 4 is 29.1 Å². The number of amides is 3. The predicted molar refractivity (Wildman–Crippen MR) is 122 cm³/mol. The first-order chi connectivity index (χ1) is 15.4. The molecule has 1 aliphatic heterocycles. The van der Waals surface area contributed by atoms with E-state index in [-0.39, 0.29) is 36.7 Å². The van der Waals surface area contributed by atoms with E-state index in [0.29, 0.717) is 41.9 Å². The Bertz CT molecular complexity index is 941. The third-order valence-corrected chi connectivity index (χ3v) is 5.07. The van der Waals surface area contributed by atoms with Gasteiger partial charge in [-0.1, -0.05) is 13.8 Å². The van der Waals surface area contributed by atoms with E-state index in [1.165, 1.54) is 0 Å². The number of carbonyl (C=O) groups excluding carboxylic acids is 3. The van der Waals surface area contributed by atoms with Gasteiger partial charge in [-0.25, -0.2) is 0 Å². The summed E-state index contributed by atoms with van der Waals surface area (Å²) in [4.78, 5) is 38.4. The third kappa shape index (κ3) is 6.23. The Morgan fingerprint density at radius 1 is 1.06 bits per heavy atom. The smallest absolute Gasteiger partial charge is 0.262 e. The number of hydrogen-bond acceptors (Lipinski definition) is 5. The molecule has 0 aromatic heterocycles. The molecule has 8 nitrogen and oxygen atoms in total.